The molecule has 0 unspecified atom stereocenters. The minimum absolute atomic E-state index is 1.11. The molecule has 3 N–H and O–H groups in total. The average Bonchev–Trinajstić information content (AvgIpc) is 3.24. The molecule has 0 fully saturated rings. The van der Waals surface area contributed by atoms with E-state index in [1.165, 1.54) is 41.8 Å². The lowest BCUT2D eigenvalue weighted by atomic mass is 10.0. The molecule has 2 heterocycles. The third-order valence-electron chi connectivity index (χ3n) is 4.75. The van der Waals surface area contributed by atoms with Crippen LogP contribution < -0.4 is 16.0 Å². The number of fused-ring (bicyclic) bond motifs is 2. The van der Waals surface area contributed by atoms with Crippen LogP contribution in [0.4, 0.5) is 17.1 Å². The van der Waals surface area contributed by atoms with E-state index in [9.17, 15) is 0 Å². The number of benzene rings is 3. The van der Waals surface area contributed by atoms with Crippen molar-refractivity contribution in [1.82, 2.24) is 0 Å². The Bertz CT molecular complexity index is 767. The Morgan fingerprint density at radius 1 is 0.630 bits per heavy atom. The fourth-order valence-electron chi connectivity index (χ4n) is 3.26. The Hall–Kier alpha value is -2.94. The fourth-order valence-corrected chi connectivity index (χ4v) is 3.26. The molecule has 0 aliphatic carbocycles. The molecule has 27 heavy (non-hydrogen) atoms. The first-order chi connectivity index (χ1) is 13.4. The molecule has 3 aromatic carbocycles. The third-order valence-corrected chi connectivity index (χ3v) is 4.75. The molecule has 2 aliphatic heterocycles. The smallest absolute Gasteiger partial charge is 0.0373 e. The van der Waals surface area contributed by atoms with Gasteiger partial charge in [-0.3, -0.25) is 0 Å². The van der Waals surface area contributed by atoms with Crippen molar-refractivity contribution in [2.45, 2.75) is 19.3 Å². The van der Waals surface area contributed by atoms with Gasteiger partial charge < -0.3 is 16.0 Å². The van der Waals surface area contributed by atoms with Gasteiger partial charge in [-0.2, -0.15) is 0 Å². The van der Waals surface area contributed by atoms with E-state index in [4.69, 9.17) is 0 Å². The van der Waals surface area contributed by atoms with Gasteiger partial charge in [-0.25, -0.2) is 0 Å². The lowest BCUT2D eigenvalue weighted by molar-refractivity contribution is 0.830. The van der Waals surface area contributed by atoms with Crippen molar-refractivity contribution in [1.29, 1.82) is 0 Å². The van der Waals surface area contributed by atoms with Crippen LogP contribution in [0.5, 0.6) is 0 Å². The minimum Gasteiger partial charge on any atom is -0.388 e. The van der Waals surface area contributed by atoms with Crippen molar-refractivity contribution in [3.05, 3.63) is 90.0 Å². The van der Waals surface area contributed by atoms with Gasteiger partial charge in [0.25, 0.3) is 0 Å². The van der Waals surface area contributed by atoms with Crippen LogP contribution in [0, 0.1) is 0 Å². The Kier molecular flexibility index (Phi) is 7.16. The second-order valence-electron chi connectivity index (χ2n) is 6.64. The van der Waals surface area contributed by atoms with Crippen molar-refractivity contribution in [3.63, 3.8) is 0 Å². The van der Waals surface area contributed by atoms with E-state index in [1.807, 2.05) is 37.4 Å². The summed E-state index contributed by atoms with van der Waals surface area (Å²) in [4.78, 5) is 0. The first-order valence-electron chi connectivity index (χ1n) is 9.73. The Morgan fingerprint density at radius 2 is 1.19 bits per heavy atom. The summed E-state index contributed by atoms with van der Waals surface area (Å²) in [5.74, 6) is 0. The van der Waals surface area contributed by atoms with E-state index in [-0.39, 0.29) is 0 Å². The summed E-state index contributed by atoms with van der Waals surface area (Å²) >= 11 is 0. The van der Waals surface area contributed by atoms with Crippen molar-refractivity contribution < 1.29 is 0 Å². The number of hydrogen-bond acceptors (Lipinski definition) is 3. The maximum Gasteiger partial charge on any atom is 0.0373 e. The molecule has 0 amide bonds. The van der Waals surface area contributed by atoms with Gasteiger partial charge in [0.15, 0.2) is 0 Å². The molecule has 0 saturated heterocycles. The van der Waals surface area contributed by atoms with Gasteiger partial charge in [-0.1, -0.05) is 54.6 Å². The number of para-hydroxylation sites is 3. The van der Waals surface area contributed by atoms with E-state index >= 15 is 0 Å². The van der Waals surface area contributed by atoms with Gasteiger partial charge in [-0.05, 0) is 54.7 Å². The number of hydrogen-bond donors (Lipinski definition) is 3. The van der Waals surface area contributed by atoms with Crippen molar-refractivity contribution >= 4 is 17.1 Å². The molecule has 5 rings (SSSR count). The largest absolute Gasteiger partial charge is 0.388 e. The van der Waals surface area contributed by atoms with Crippen LogP contribution >= 0.6 is 0 Å². The monoisotopic (exact) mass is 359 g/mol. The molecule has 0 radical (unpaired) electrons. The zero-order valence-electron chi connectivity index (χ0n) is 16.0. The summed E-state index contributed by atoms with van der Waals surface area (Å²) in [6, 6.07) is 27.1. The third kappa shape index (κ3) is 5.78. The van der Waals surface area contributed by atoms with Gasteiger partial charge in [-0.15, -0.1) is 0 Å². The Balaban J connectivity index is 0.000000118. The molecule has 3 heteroatoms. The molecule has 0 bridgehead atoms. The lowest BCUT2D eigenvalue weighted by Gasteiger charge is -2.16. The zero-order chi connectivity index (χ0) is 18.7. The summed E-state index contributed by atoms with van der Waals surface area (Å²) < 4.78 is 0. The normalized spacial score (nSPS) is 13.2. The van der Waals surface area contributed by atoms with Crippen LogP contribution in [-0.4, -0.2) is 20.1 Å². The van der Waals surface area contributed by atoms with E-state index in [1.54, 1.807) is 0 Å². The van der Waals surface area contributed by atoms with Crippen molar-refractivity contribution in [2.24, 2.45) is 0 Å². The second kappa shape index (κ2) is 10.3. The molecule has 0 atom stereocenters. The highest BCUT2D eigenvalue weighted by molar-refractivity contribution is 5.55. The average molecular weight is 360 g/mol. The highest BCUT2D eigenvalue weighted by atomic mass is 14.9. The highest BCUT2D eigenvalue weighted by Crippen LogP contribution is 2.20. The highest BCUT2D eigenvalue weighted by Gasteiger charge is 2.06. The predicted molar refractivity (Wildman–Crippen MR) is 118 cm³/mol. The molecule has 140 valence electrons. The number of nitrogens with one attached hydrogen (secondary N) is 3. The van der Waals surface area contributed by atoms with E-state index in [0.29, 0.717) is 0 Å². The summed E-state index contributed by atoms with van der Waals surface area (Å²) in [5, 5.41) is 9.69. The summed E-state index contributed by atoms with van der Waals surface area (Å²) in [5.41, 5.74) is 6.73. The standard InChI is InChI=1S/C9H11N.C8H9N.C7H9N/c1-2-6-9-8(4-1)5-3-7-10-9;1-2-4-8-7(3-1)5-6-9-8;1-8-7-5-3-2-4-6-7/h1-2,4,6,10H,3,5,7H2;1-4,9H,5-6H2;2-6,8H,1H3. The fraction of sp³-hybridized carbons (Fsp3) is 0.250. The Labute approximate surface area is 162 Å². The summed E-state index contributed by atoms with van der Waals surface area (Å²) in [7, 11) is 1.91. The van der Waals surface area contributed by atoms with E-state index in [2.05, 4.69) is 64.5 Å². The molecule has 0 aromatic heterocycles. The number of aryl methyl sites for hydroxylation is 1. The molecule has 2 aliphatic rings. The molecule has 0 saturated carbocycles. The van der Waals surface area contributed by atoms with Crippen LogP contribution in [-0.2, 0) is 12.8 Å². The van der Waals surface area contributed by atoms with Crippen LogP contribution in [0.15, 0.2) is 78.9 Å². The second-order valence-corrected chi connectivity index (χ2v) is 6.64. The molecular weight excluding hydrogens is 330 g/mol. The van der Waals surface area contributed by atoms with Gasteiger partial charge in [0.1, 0.15) is 0 Å². The van der Waals surface area contributed by atoms with Crippen LogP contribution in [0.2, 0.25) is 0 Å². The maximum atomic E-state index is 3.36. The van der Waals surface area contributed by atoms with Crippen LogP contribution in [0.25, 0.3) is 0 Å². The van der Waals surface area contributed by atoms with Gasteiger partial charge in [0, 0.05) is 37.2 Å². The quantitative estimate of drug-likeness (QED) is 0.542. The van der Waals surface area contributed by atoms with E-state index < -0.39 is 0 Å². The molecule has 3 aromatic rings. The zero-order valence-corrected chi connectivity index (χ0v) is 16.0. The maximum absolute atomic E-state index is 3.36. The number of rotatable bonds is 1. The topological polar surface area (TPSA) is 36.1 Å². The minimum atomic E-state index is 1.11. The SMILES string of the molecule is CNc1ccccc1.c1ccc2c(c1)CCCN2.c1ccc2c(c1)CCN2. The first-order valence-corrected chi connectivity index (χ1v) is 9.73. The molecule has 0 spiro atoms. The van der Waals surface area contributed by atoms with Crippen molar-refractivity contribution in [2.75, 3.05) is 36.1 Å². The van der Waals surface area contributed by atoms with Crippen LogP contribution in [0.3, 0.4) is 0 Å². The van der Waals surface area contributed by atoms with Gasteiger partial charge in [0.2, 0.25) is 0 Å². The summed E-state index contributed by atoms with van der Waals surface area (Å²) in [6.07, 6.45) is 3.70. The van der Waals surface area contributed by atoms with Gasteiger partial charge >= 0.3 is 0 Å². The lowest BCUT2D eigenvalue weighted by Crippen LogP contribution is -2.10. The predicted octanol–water partition coefficient (Wildman–Crippen LogP) is 5.43. The van der Waals surface area contributed by atoms with E-state index in [0.717, 1.165) is 18.8 Å². The van der Waals surface area contributed by atoms with Gasteiger partial charge in [0.05, 0.1) is 0 Å². The molecule has 3 nitrogen and oxygen atoms in total. The Morgan fingerprint density at radius 3 is 1.78 bits per heavy atom. The molecular formula is C24H29N3. The van der Waals surface area contributed by atoms with Crippen LogP contribution in [0.1, 0.15) is 17.5 Å². The first kappa shape index (κ1) is 18.8. The van der Waals surface area contributed by atoms with Crippen molar-refractivity contribution in [3.8, 4) is 0 Å². The summed E-state index contributed by atoms with van der Waals surface area (Å²) in [6.45, 7) is 2.25. The number of anilines is 3.